The van der Waals surface area contributed by atoms with E-state index in [4.69, 9.17) is 4.74 Å². The summed E-state index contributed by atoms with van der Waals surface area (Å²) in [6.07, 6.45) is 0. The monoisotopic (exact) mass is 446 g/mol. The van der Waals surface area contributed by atoms with E-state index < -0.39 is 0 Å². The zero-order valence-corrected chi connectivity index (χ0v) is 17.2. The Balaban J connectivity index is 1.65. The van der Waals surface area contributed by atoms with E-state index in [1.165, 1.54) is 11.8 Å². The third-order valence-corrected chi connectivity index (χ3v) is 5.86. The molecule has 0 aromatic heterocycles. The van der Waals surface area contributed by atoms with Crippen LogP contribution < -0.4 is 10.6 Å². The van der Waals surface area contributed by atoms with Crippen LogP contribution in [0.15, 0.2) is 63.7 Å². The van der Waals surface area contributed by atoms with E-state index >= 15 is 0 Å². The Morgan fingerprint density at radius 3 is 2.74 bits per heavy atom. The van der Waals surface area contributed by atoms with Crippen LogP contribution >= 0.6 is 27.7 Å². The first-order valence-corrected chi connectivity index (χ1v) is 10.2. The quantitative estimate of drug-likeness (QED) is 0.717. The van der Waals surface area contributed by atoms with Gasteiger partial charge in [-0.2, -0.15) is 0 Å². The van der Waals surface area contributed by atoms with Gasteiger partial charge in [0, 0.05) is 28.0 Å². The van der Waals surface area contributed by atoms with Gasteiger partial charge in [0.25, 0.3) is 11.8 Å². The lowest BCUT2D eigenvalue weighted by molar-refractivity contribution is -0.112. The van der Waals surface area contributed by atoms with Crippen LogP contribution in [-0.2, 0) is 16.1 Å². The van der Waals surface area contributed by atoms with Gasteiger partial charge in [-0.25, -0.2) is 0 Å². The van der Waals surface area contributed by atoms with E-state index in [0.717, 1.165) is 15.8 Å². The lowest BCUT2D eigenvalue weighted by Gasteiger charge is -2.18. The summed E-state index contributed by atoms with van der Waals surface area (Å²) in [5, 5.41) is 5.73. The van der Waals surface area contributed by atoms with Gasteiger partial charge in [-0.15, -0.1) is 11.8 Å². The van der Waals surface area contributed by atoms with Gasteiger partial charge >= 0.3 is 0 Å². The Labute approximate surface area is 170 Å². The predicted octanol–water partition coefficient (Wildman–Crippen LogP) is 4.31. The minimum absolute atomic E-state index is 0.201. The summed E-state index contributed by atoms with van der Waals surface area (Å²) in [6.45, 7) is 2.81. The van der Waals surface area contributed by atoms with Crippen molar-refractivity contribution >= 4 is 45.2 Å². The first-order valence-electron chi connectivity index (χ1n) is 8.44. The maximum Gasteiger partial charge on any atom is 0.265 e. The van der Waals surface area contributed by atoms with E-state index in [9.17, 15) is 9.59 Å². The molecule has 7 heteroatoms. The molecule has 0 saturated carbocycles. The lowest BCUT2D eigenvalue weighted by atomic mass is 10.1. The van der Waals surface area contributed by atoms with Crippen LogP contribution in [0, 0.1) is 0 Å². The number of hydrogen-bond donors (Lipinski definition) is 2. The molecule has 2 aromatic rings. The van der Waals surface area contributed by atoms with Crippen molar-refractivity contribution in [2.24, 2.45) is 0 Å². The minimum atomic E-state index is -0.219. The largest absolute Gasteiger partial charge is 0.496 e. The highest BCUT2D eigenvalue weighted by Gasteiger charge is 2.19. The smallest absolute Gasteiger partial charge is 0.265 e. The Morgan fingerprint density at radius 1 is 1.15 bits per heavy atom. The van der Waals surface area contributed by atoms with Gasteiger partial charge in [-0.3, -0.25) is 9.59 Å². The fraction of sp³-hybridized carbons (Fsp3) is 0.200. The van der Waals surface area contributed by atoms with E-state index in [1.54, 1.807) is 31.2 Å². The van der Waals surface area contributed by atoms with Gasteiger partial charge in [-0.1, -0.05) is 40.2 Å². The van der Waals surface area contributed by atoms with Gasteiger partial charge in [0.05, 0.1) is 6.61 Å². The maximum absolute atomic E-state index is 12.4. The number of halogens is 1. The highest BCUT2D eigenvalue weighted by atomic mass is 79.9. The second-order valence-electron chi connectivity index (χ2n) is 5.89. The Kier molecular flexibility index (Phi) is 6.58. The van der Waals surface area contributed by atoms with E-state index in [-0.39, 0.29) is 11.8 Å². The molecular formula is C20H19BrN2O3S. The Morgan fingerprint density at radius 2 is 1.96 bits per heavy atom. The van der Waals surface area contributed by atoms with Crippen molar-refractivity contribution < 1.29 is 14.3 Å². The summed E-state index contributed by atoms with van der Waals surface area (Å²) in [4.78, 5) is 25.5. The number of amides is 2. The highest BCUT2D eigenvalue weighted by molar-refractivity contribution is 9.10. The van der Waals surface area contributed by atoms with E-state index in [2.05, 4.69) is 26.6 Å². The van der Waals surface area contributed by atoms with Crippen LogP contribution in [0.2, 0.25) is 0 Å². The molecule has 1 heterocycles. The van der Waals surface area contributed by atoms with Crippen LogP contribution in [0.25, 0.3) is 0 Å². The number of carbonyl (C=O) groups excluding carboxylic acids is 2. The topological polar surface area (TPSA) is 67.4 Å². The highest BCUT2D eigenvalue weighted by Crippen LogP contribution is 2.26. The standard InChI is InChI=1S/C20H19BrN2O3S/c1-13-18(27-10-9-26-13)20(25)23-16-7-4-6-14(11-16)19(24)22-12-15-5-2-3-8-17(15)21/h2-8,11H,9-10,12H2,1H3,(H,22,24)(H,23,25). The Hall–Kier alpha value is -2.25. The van der Waals surface area contributed by atoms with E-state index in [0.29, 0.717) is 35.1 Å². The molecule has 0 unspecified atom stereocenters. The lowest BCUT2D eigenvalue weighted by Crippen LogP contribution is -2.23. The molecule has 0 aliphatic carbocycles. The predicted molar refractivity (Wildman–Crippen MR) is 111 cm³/mol. The molecule has 140 valence electrons. The number of carbonyl (C=O) groups is 2. The molecule has 5 nitrogen and oxygen atoms in total. The van der Waals surface area contributed by atoms with Crippen molar-refractivity contribution in [3.8, 4) is 0 Å². The number of ether oxygens (including phenoxy) is 1. The van der Waals surface area contributed by atoms with Gasteiger partial charge in [-0.05, 0) is 36.8 Å². The van der Waals surface area contributed by atoms with Crippen LogP contribution in [-0.4, -0.2) is 24.2 Å². The number of hydrogen-bond acceptors (Lipinski definition) is 4. The average molecular weight is 447 g/mol. The number of allylic oxidation sites excluding steroid dienone is 1. The van der Waals surface area contributed by atoms with E-state index in [1.807, 2.05) is 24.3 Å². The third kappa shape index (κ3) is 5.14. The molecule has 0 radical (unpaired) electrons. The molecule has 1 aliphatic heterocycles. The summed E-state index contributed by atoms with van der Waals surface area (Å²) in [5.41, 5.74) is 2.05. The number of thioether (sulfide) groups is 1. The van der Waals surface area contributed by atoms with Crippen LogP contribution in [0.4, 0.5) is 5.69 Å². The number of benzene rings is 2. The molecule has 0 spiro atoms. The van der Waals surface area contributed by atoms with Crippen molar-refractivity contribution in [3.05, 3.63) is 74.8 Å². The molecule has 0 atom stereocenters. The SMILES string of the molecule is CC1=C(C(=O)Nc2cccc(C(=O)NCc3ccccc3Br)c2)SCCO1. The molecule has 0 fully saturated rings. The van der Waals surface area contributed by atoms with Crippen LogP contribution in [0.5, 0.6) is 0 Å². The van der Waals surface area contributed by atoms with Gasteiger partial charge < -0.3 is 15.4 Å². The summed E-state index contributed by atoms with van der Waals surface area (Å²) >= 11 is 4.94. The summed E-state index contributed by atoms with van der Waals surface area (Å²) in [5.74, 6) is 0.957. The number of rotatable bonds is 5. The van der Waals surface area contributed by atoms with Crippen LogP contribution in [0.3, 0.4) is 0 Å². The minimum Gasteiger partial charge on any atom is -0.496 e. The second-order valence-corrected chi connectivity index (χ2v) is 7.85. The van der Waals surface area contributed by atoms with Crippen molar-refractivity contribution in [1.29, 1.82) is 0 Å². The molecule has 2 N–H and O–H groups in total. The maximum atomic E-state index is 12.4. The molecule has 2 aromatic carbocycles. The van der Waals surface area contributed by atoms with Gasteiger partial charge in [0.15, 0.2) is 0 Å². The summed E-state index contributed by atoms with van der Waals surface area (Å²) < 4.78 is 6.37. The summed E-state index contributed by atoms with van der Waals surface area (Å²) in [7, 11) is 0. The molecule has 1 aliphatic rings. The molecule has 0 saturated heterocycles. The number of nitrogens with one attached hydrogen (secondary N) is 2. The van der Waals surface area contributed by atoms with Crippen molar-refractivity contribution in [1.82, 2.24) is 5.32 Å². The molecule has 27 heavy (non-hydrogen) atoms. The normalized spacial score (nSPS) is 13.7. The first kappa shape index (κ1) is 19.5. The molecular weight excluding hydrogens is 428 g/mol. The van der Waals surface area contributed by atoms with Crippen molar-refractivity contribution in [3.63, 3.8) is 0 Å². The van der Waals surface area contributed by atoms with Gasteiger partial charge in [0.2, 0.25) is 0 Å². The summed E-state index contributed by atoms with van der Waals surface area (Å²) in [6, 6.07) is 14.6. The third-order valence-electron chi connectivity index (χ3n) is 3.95. The molecule has 3 rings (SSSR count). The first-order chi connectivity index (χ1) is 13.0. The van der Waals surface area contributed by atoms with Gasteiger partial charge in [0.1, 0.15) is 10.7 Å². The Bertz CT molecular complexity index is 898. The molecule has 0 bridgehead atoms. The van der Waals surface area contributed by atoms with Crippen molar-refractivity contribution in [2.45, 2.75) is 13.5 Å². The zero-order valence-electron chi connectivity index (χ0n) is 14.8. The fourth-order valence-electron chi connectivity index (χ4n) is 2.58. The van der Waals surface area contributed by atoms with Crippen LogP contribution in [0.1, 0.15) is 22.8 Å². The fourth-order valence-corrected chi connectivity index (χ4v) is 3.82. The van der Waals surface area contributed by atoms with Crippen molar-refractivity contribution in [2.75, 3.05) is 17.7 Å². The number of anilines is 1. The zero-order chi connectivity index (χ0) is 19.2. The average Bonchev–Trinajstić information content (AvgIpc) is 2.67. The second kappa shape index (κ2) is 9.10. The molecule has 2 amide bonds.